The standard InChI is InChI=1S/C10H14BrNO2/c1-3-9(12-14-2)8-6-7(11)4-5-10(8)13/h4-6,9,12-13H,3H2,1-2H3. The second kappa shape index (κ2) is 5.34. The summed E-state index contributed by atoms with van der Waals surface area (Å²) in [6.07, 6.45) is 0.845. The molecule has 0 aromatic heterocycles. The quantitative estimate of drug-likeness (QED) is 0.818. The molecule has 78 valence electrons. The molecule has 1 aromatic rings. The van der Waals surface area contributed by atoms with Crippen LogP contribution in [-0.2, 0) is 4.84 Å². The van der Waals surface area contributed by atoms with Crippen molar-refractivity contribution in [3.63, 3.8) is 0 Å². The van der Waals surface area contributed by atoms with Gasteiger partial charge in [0.1, 0.15) is 5.75 Å². The van der Waals surface area contributed by atoms with Crippen molar-refractivity contribution in [2.24, 2.45) is 0 Å². The average molecular weight is 260 g/mol. The second-order valence-corrected chi connectivity index (χ2v) is 3.90. The highest BCUT2D eigenvalue weighted by atomic mass is 79.9. The molecule has 0 amide bonds. The molecule has 0 fully saturated rings. The van der Waals surface area contributed by atoms with Gasteiger partial charge < -0.3 is 9.94 Å². The third kappa shape index (κ3) is 2.70. The second-order valence-electron chi connectivity index (χ2n) is 2.99. The Bertz CT molecular complexity index is 304. The summed E-state index contributed by atoms with van der Waals surface area (Å²) in [5, 5.41) is 9.65. The largest absolute Gasteiger partial charge is 0.508 e. The lowest BCUT2D eigenvalue weighted by Crippen LogP contribution is -2.19. The monoisotopic (exact) mass is 259 g/mol. The lowest BCUT2D eigenvalue weighted by Gasteiger charge is -2.16. The Kier molecular flexibility index (Phi) is 4.38. The molecule has 1 rings (SSSR count). The third-order valence-corrected chi connectivity index (χ3v) is 2.53. The predicted molar refractivity (Wildman–Crippen MR) is 59.0 cm³/mol. The Labute approximate surface area is 92.2 Å². The smallest absolute Gasteiger partial charge is 0.120 e. The number of aromatic hydroxyl groups is 1. The molecule has 0 bridgehead atoms. The summed E-state index contributed by atoms with van der Waals surface area (Å²) < 4.78 is 0.946. The van der Waals surface area contributed by atoms with Crippen molar-refractivity contribution in [1.82, 2.24) is 5.48 Å². The zero-order chi connectivity index (χ0) is 10.6. The number of hydroxylamine groups is 1. The molecule has 2 N–H and O–H groups in total. The van der Waals surface area contributed by atoms with Crippen LogP contribution in [0.4, 0.5) is 0 Å². The summed E-state index contributed by atoms with van der Waals surface area (Å²) in [6, 6.07) is 5.37. The maximum absolute atomic E-state index is 9.65. The van der Waals surface area contributed by atoms with E-state index in [-0.39, 0.29) is 11.8 Å². The molecule has 0 saturated carbocycles. The highest BCUT2D eigenvalue weighted by Gasteiger charge is 2.13. The van der Waals surface area contributed by atoms with Crippen LogP contribution >= 0.6 is 15.9 Å². The molecule has 0 aliphatic rings. The van der Waals surface area contributed by atoms with E-state index in [0.29, 0.717) is 0 Å². The number of hydrogen-bond donors (Lipinski definition) is 2. The van der Waals surface area contributed by atoms with Crippen LogP contribution in [0, 0.1) is 0 Å². The van der Waals surface area contributed by atoms with Crippen LogP contribution in [0.15, 0.2) is 22.7 Å². The number of rotatable bonds is 4. The van der Waals surface area contributed by atoms with E-state index < -0.39 is 0 Å². The first kappa shape index (κ1) is 11.5. The predicted octanol–water partition coefficient (Wildman–Crippen LogP) is 2.76. The lowest BCUT2D eigenvalue weighted by molar-refractivity contribution is 0.0585. The van der Waals surface area contributed by atoms with Gasteiger partial charge in [-0.05, 0) is 24.6 Å². The van der Waals surface area contributed by atoms with Crippen LogP contribution in [0.1, 0.15) is 24.9 Å². The van der Waals surface area contributed by atoms with Gasteiger partial charge in [0.2, 0.25) is 0 Å². The summed E-state index contributed by atoms with van der Waals surface area (Å²) in [6.45, 7) is 2.02. The highest BCUT2D eigenvalue weighted by molar-refractivity contribution is 9.10. The van der Waals surface area contributed by atoms with Crippen molar-refractivity contribution in [1.29, 1.82) is 0 Å². The van der Waals surface area contributed by atoms with Gasteiger partial charge in [0.15, 0.2) is 0 Å². The number of halogens is 1. The SMILES string of the molecule is CCC(NOC)c1cc(Br)ccc1O. The maximum atomic E-state index is 9.65. The molecule has 1 unspecified atom stereocenters. The van der Waals surface area contributed by atoms with E-state index in [1.165, 1.54) is 0 Å². The molecule has 0 spiro atoms. The number of benzene rings is 1. The number of nitrogens with one attached hydrogen (secondary N) is 1. The third-order valence-electron chi connectivity index (χ3n) is 2.03. The first-order chi connectivity index (χ1) is 6.69. The zero-order valence-electron chi connectivity index (χ0n) is 8.25. The Morgan fingerprint density at radius 2 is 2.29 bits per heavy atom. The Hall–Kier alpha value is -0.580. The molecule has 14 heavy (non-hydrogen) atoms. The van der Waals surface area contributed by atoms with Gasteiger partial charge in [-0.3, -0.25) is 0 Å². The zero-order valence-corrected chi connectivity index (χ0v) is 9.84. The van der Waals surface area contributed by atoms with Crippen LogP contribution < -0.4 is 5.48 Å². The summed E-state index contributed by atoms with van der Waals surface area (Å²) in [5.41, 5.74) is 3.67. The molecule has 0 aliphatic carbocycles. The first-order valence-electron chi connectivity index (χ1n) is 4.46. The summed E-state index contributed by atoms with van der Waals surface area (Å²) in [4.78, 5) is 4.87. The fourth-order valence-corrected chi connectivity index (χ4v) is 1.69. The number of phenols is 1. The van der Waals surface area contributed by atoms with Gasteiger partial charge in [-0.2, -0.15) is 5.48 Å². The van der Waals surface area contributed by atoms with Crippen LogP contribution in [0.2, 0.25) is 0 Å². The lowest BCUT2D eigenvalue weighted by atomic mass is 10.0. The van der Waals surface area contributed by atoms with Crippen LogP contribution in [0.3, 0.4) is 0 Å². The topological polar surface area (TPSA) is 41.5 Å². The Balaban J connectivity index is 2.96. The van der Waals surface area contributed by atoms with Crippen molar-refractivity contribution >= 4 is 15.9 Å². The van der Waals surface area contributed by atoms with E-state index in [0.717, 1.165) is 16.5 Å². The van der Waals surface area contributed by atoms with Gasteiger partial charge in [-0.25, -0.2) is 0 Å². The molecule has 3 nitrogen and oxygen atoms in total. The summed E-state index contributed by atoms with van der Waals surface area (Å²) >= 11 is 3.37. The van der Waals surface area contributed by atoms with Gasteiger partial charge in [-0.15, -0.1) is 0 Å². The fraction of sp³-hybridized carbons (Fsp3) is 0.400. The average Bonchev–Trinajstić information content (AvgIpc) is 2.18. The molecule has 0 heterocycles. The van der Waals surface area contributed by atoms with Gasteiger partial charge in [0.05, 0.1) is 13.2 Å². The van der Waals surface area contributed by atoms with Crippen LogP contribution in [-0.4, -0.2) is 12.2 Å². The van der Waals surface area contributed by atoms with Crippen molar-refractivity contribution in [2.45, 2.75) is 19.4 Å². The minimum Gasteiger partial charge on any atom is -0.508 e. The summed E-state index contributed by atoms with van der Waals surface area (Å²) in [5.74, 6) is 0.282. The maximum Gasteiger partial charge on any atom is 0.120 e. The molecule has 1 atom stereocenters. The van der Waals surface area contributed by atoms with E-state index in [1.807, 2.05) is 13.0 Å². The van der Waals surface area contributed by atoms with E-state index >= 15 is 0 Å². The summed E-state index contributed by atoms with van der Waals surface area (Å²) in [7, 11) is 1.57. The van der Waals surface area contributed by atoms with E-state index in [9.17, 15) is 5.11 Å². The highest BCUT2D eigenvalue weighted by Crippen LogP contribution is 2.29. The van der Waals surface area contributed by atoms with Crippen molar-refractivity contribution in [3.05, 3.63) is 28.2 Å². The van der Waals surface area contributed by atoms with E-state index in [4.69, 9.17) is 4.84 Å². The first-order valence-corrected chi connectivity index (χ1v) is 5.25. The van der Waals surface area contributed by atoms with Crippen molar-refractivity contribution < 1.29 is 9.94 Å². The van der Waals surface area contributed by atoms with Crippen molar-refractivity contribution in [3.8, 4) is 5.75 Å². The minimum absolute atomic E-state index is 0.0116. The van der Waals surface area contributed by atoms with Crippen LogP contribution in [0.5, 0.6) is 5.75 Å². The molecular formula is C10H14BrNO2. The number of hydrogen-bond acceptors (Lipinski definition) is 3. The minimum atomic E-state index is 0.0116. The molecule has 4 heteroatoms. The van der Waals surface area contributed by atoms with Gasteiger partial charge in [0.25, 0.3) is 0 Å². The van der Waals surface area contributed by atoms with E-state index in [1.54, 1.807) is 19.2 Å². The van der Waals surface area contributed by atoms with E-state index in [2.05, 4.69) is 21.4 Å². The van der Waals surface area contributed by atoms with Gasteiger partial charge >= 0.3 is 0 Å². The Morgan fingerprint density at radius 3 is 2.86 bits per heavy atom. The molecular weight excluding hydrogens is 246 g/mol. The molecule has 1 aromatic carbocycles. The normalized spacial score (nSPS) is 12.8. The molecule has 0 aliphatic heterocycles. The fourth-order valence-electron chi connectivity index (χ4n) is 1.31. The molecule has 0 radical (unpaired) electrons. The number of phenolic OH excluding ortho intramolecular Hbond substituents is 1. The Morgan fingerprint density at radius 1 is 1.57 bits per heavy atom. The van der Waals surface area contributed by atoms with Crippen molar-refractivity contribution in [2.75, 3.05) is 7.11 Å². The van der Waals surface area contributed by atoms with Gasteiger partial charge in [0, 0.05) is 10.0 Å². The molecule has 0 saturated heterocycles. The van der Waals surface area contributed by atoms with Crippen LogP contribution in [0.25, 0.3) is 0 Å². The van der Waals surface area contributed by atoms with Gasteiger partial charge in [-0.1, -0.05) is 22.9 Å².